The van der Waals surface area contributed by atoms with Gasteiger partial charge in [0.15, 0.2) is 0 Å². The van der Waals surface area contributed by atoms with Crippen LogP contribution in [-0.4, -0.2) is 22.1 Å². The topological polar surface area (TPSA) is 55.9 Å². The molecule has 0 bridgehead atoms. The van der Waals surface area contributed by atoms with E-state index < -0.39 is 0 Å². The van der Waals surface area contributed by atoms with Crippen LogP contribution in [0.25, 0.3) is 0 Å². The smallest absolute Gasteiger partial charge is 0.204 e. The van der Waals surface area contributed by atoms with Gasteiger partial charge in [0.1, 0.15) is 5.15 Å². The monoisotopic (exact) mass is 214 g/mol. The molecule has 0 spiro atoms. The molecule has 0 saturated heterocycles. The summed E-state index contributed by atoms with van der Waals surface area (Å²) in [6.45, 7) is 5.69. The molecule has 2 heterocycles. The Morgan fingerprint density at radius 2 is 2.36 bits per heavy atom. The van der Waals surface area contributed by atoms with Crippen molar-refractivity contribution in [2.75, 3.05) is 11.9 Å². The molecular weight excluding hydrogens is 200 g/mol. The van der Waals surface area contributed by atoms with E-state index in [-0.39, 0.29) is 6.04 Å². The molecule has 5 heteroatoms. The predicted octanol–water partition coefficient (Wildman–Crippen LogP) is 1.41. The van der Waals surface area contributed by atoms with Gasteiger partial charge in [0, 0.05) is 19.1 Å². The molecule has 2 rings (SSSR count). The molecule has 4 nitrogen and oxygen atoms in total. The van der Waals surface area contributed by atoms with E-state index in [1.807, 2.05) is 4.57 Å². The SMILES string of the molecule is CC(C)c1nc2n(c1Cl)CC(N)CN2. The van der Waals surface area contributed by atoms with E-state index in [0.29, 0.717) is 5.92 Å². The number of hydrogen-bond donors (Lipinski definition) is 2. The van der Waals surface area contributed by atoms with Gasteiger partial charge in [-0.15, -0.1) is 0 Å². The van der Waals surface area contributed by atoms with Crippen LogP contribution in [0.15, 0.2) is 0 Å². The molecule has 1 aromatic heterocycles. The summed E-state index contributed by atoms with van der Waals surface area (Å²) >= 11 is 6.21. The Labute approximate surface area is 88.4 Å². The Hall–Kier alpha value is -0.740. The van der Waals surface area contributed by atoms with Gasteiger partial charge in [0.05, 0.1) is 5.69 Å². The number of rotatable bonds is 1. The fourth-order valence-corrected chi connectivity index (χ4v) is 2.05. The highest BCUT2D eigenvalue weighted by Gasteiger charge is 2.22. The molecule has 1 atom stereocenters. The first-order valence-electron chi connectivity index (χ1n) is 4.85. The van der Waals surface area contributed by atoms with E-state index in [0.717, 1.165) is 29.9 Å². The summed E-state index contributed by atoms with van der Waals surface area (Å²) in [4.78, 5) is 4.45. The zero-order valence-electron chi connectivity index (χ0n) is 8.42. The molecule has 78 valence electrons. The molecule has 1 aliphatic heterocycles. The van der Waals surface area contributed by atoms with Gasteiger partial charge >= 0.3 is 0 Å². The maximum Gasteiger partial charge on any atom is 0.204 e. The van der Waals surface area contributed by atoms with Gasteiger partial charge in [-0.1, -0.05) is 25.4 Å². The number of fused-ring (bicyclic) bond motifs is 1. The number of nitrogens with two attached hydrogens (primary N) is 1. The van der Waals surface area contributed by atoms with Gasteiger partial charge in [-0.05, 0) is 5.92 Å². The first kappa shape index (κ1) is 9.80. The maximum atomic E-state index is 6.21. The van der Waals surface area contributed by atoms with Crippen molar-refractivity contribution in [2.45, 2.75) is 32.4 Å². The van der Waals surface area contributed by atoms with Crippen LogP contribution in [0.1, 0.15) is 25.5 Å². The number of halogens is 1. The molecule has 14 heavy (non-hydrogen) atoms. The molecule has 0 radical (unpaired) electrons. The predicted molar refractivity (Wildman–Crippen MR) is 57.8 cm³/mol. The van der Waals surface area contributed by atoms with Gasteiger partial charge in [-0.3, -0.25) is 4.57 Å². The summed E-state index contributed by atoms with van der Waals surface area (Å²) in [6, 6.07) is 0.120. The average molecular weight is 215 g/mol. The van der Waals surface area contributed by atoms with E-state index in [9.17, 15) is 0 Å². The van der Waals surface area contributed by atoms with Crippen LogP contribution in [0.2, 0.25) is 5.15 Å². The maximum absolute atomic E-state index is 6.21. The fraction of sp³-hybridized carbons (Fsp3) is 0.667. The van der Waals surface area contributed by atoms with Crippen molar-refractivity contribution in [3.8, 4) is 0 Å². The number of nitrogens with one attached hydrogen (secondary N) is 1. The van der Waals surface area contributed by atoms with Gasteiger partial charge in [0.25, 0.3) is 0 Å². The van der Waals surface area contributed by atoms with Crippen molar-refractivity contribution < 1.29 is 0 Å². The fourth-order valence-electron chi connectivity index (χ4n) is 1.64. The van der Waals surface area contributed by atoms with Crippen LogP contribution in [-0.2, 0) is 6.54 Å². The Morgan fingerprint density at radius 3 is 3.00 bits per heavy atom. The number of aromatic nitrogens is 2. The van der Waals surface area contributed by atoms with Gasteiger partial charge in [-0.2, -0.15) is 0 Å². The minimum Gasteiger partial charge on any atom is -0.354 e. The minimum atomic E-state index is 0.120. The van der Waals surface area contributed by atoms with Crippen LogP contribution >= 0.6 is 11.6 Å². The first-order valence-corrected chi connectivity index (χ1v) is 5.22. The quantitative estimate of drug-likeness (QED) is 0.744. The molecule has 0 amide bonds. The summed E-state index contributed by atoms with van der Waals surface area (Å²) in [6.07, 6.45) is 0. The lowest BCUT2D eigenvalue weighted by molar-refractivity contribution is 0.543. The molecular formula is C9H15ClN4. The lowest BCUT2D eigenvalue weighted by Crippen LogP contribution is -2.38. The molecule has 1 unspecified atom stereocenters. The molecule has 0 aromatic carbocycles. The number of imidazole rings is 1. The van der Waals surface area contributed by atoms with Crippen LogP contribution in [0.5, 0.6) is 0 Å². The van der Waals surface area contributed by atoms with Gasteiger partial charge < -0.3 is 11.1 Å². The summed E-state index contributed by atoms with van der Waals surface area (Å²) in [5, 5.41) is 3.89. The largest absolute Gasteiger partial charge is 0.354 e. The van der Waals surface area contributed by atoms with Crippen molar-refractivity contribution in [3.63, 3.8) is 0 Å². The third-order valence-corrected chi connectivity index (χ3v) is 2.81. The number of nitrogens with zero attached hydrogens (tertiary/aromatic N) is 2. The highest BCUT2D eigenvalue weighted by Crippen LogP contribution is 2.28. The third-order valence-electron chi connectivity index (χ3n) is 2.42. The van der Waals surface area contributed by atoms with E-state index >= 15 is 0 Å². The Kier molecular flexibility index (Phi) is 2.41. The molecule has 0 saturated carbocycles. The number of anilines is 1. The van der Waals surface area contributed by atoms with Crippen molar-refractivity contribution in [2.24, 2.45) is 5.73 Å². The zero-order valence-corrected chi connectivity index (χ0v) is 9.17. The van der Waals surface area contributed by atoms with E-state index in [1.54, 1.807) is 0 Å². The standard InChI is InChI=1S/C9H15ClN4/c1-5(2)7-8(10)14-4-6(11)3-12-9(14)13-7/h5-6H,3-4,11H2,1-2H3,(H,12,13). The van der Waals surface area contributed by atoms with Crippen LogP contribution in [0.4, 0.5) is 5.95 Å². The molecule has 1 aliphatic rings. The average Bonchev–Trinajstić information content (AvgIpc) is 2.44. The van der Waals surface area contributed by atoms with E-state index in [1.165, 1.54) is 0 Å². The van der Waals surface area contributed by atoms with Crippen LogP contribution < -0.4 is 11.1 Å². The summed E-state index contributed by atoms with van der Waals surface area (Å²) in [5.74, 6) is 1.19. The highest BCUT2D eigenvalue weighted by atomic mass is 35.5. The summed E-state index contributed by atoms with van der Waals surface area (Å²) in [7, 11) is 0. The van der Waals surface area contributed by atoms with Crippen LogP contribution in [0.3, 0.4) is 0 Å². The normalized spacial score (nSPS) is 20.8. The first-order chi connectivity index (χ1) is 6.59. The van der Waals surface area contributed by atoms with Gasteiger partial charge in [0.2, 0.25) is 5.95 Å². The highest BCUT2D eigenvalue weighted by molar-refractivity contribution is 6.30. The third kappa shape index (κ3) is 1.48. The molecule has 1 aromatic rings. The van der Waals surface area contributed by atoms with Crippen molar-refractivity contribution in [3.05, 3.63) is 10.8 Å². The lowest BCUT2D eigenvalue weighted by Gasteiger charge is -2.21. The van der Waals surface area contributed by atoms with Crippen molar-refractivity contribution >= 4 is 17.5 Å². The van der Waals surface area contributed by atoms with Crippen molar-refractivity contribution in [1.29, 1.82) is 0 Å². The zero-order chi connectivity index (χ0) is 10.3. The van der Waals surface area contributed by atoms with Crippen molar-refractivity contribution in [1.82, 2.24) is 9.55 Å². The van der Waals surface area contributed by atoms with E-state index in [2.05, 4.69) is 24.1 Å². The second kappa shape index (κ2) is 3.44. The Balaban J connectivity index is 2.41. The minimum absolute atomic E-state index is 0.120. The Bertz CT molecular complexity index is 345. The number of hydrogen-bond acceptors (Lipinski definition) is 3. The summed E-state index contributed by atoms with van der Waals surface area (Å²) in [5.41, 5.74) is 6.78. The van der Waals surface area contributed by atoms with Gasteiger partial charge in [-0.25, -0.2) is 4.98 Å². The van der Waals surface area contributed by atoms with E-state index in [4.69, 9.17) is 17.3 Å². The van der Waals surface area contributed by atoms with Crippen LogP contribution in [0, 0.1) is 0 Å². The molecule has 3 N–H and O–H groups in total. The molecule has 0 fully saturated rings. The second-order valence-electron chi connectivity index (χ2n) is 4.02. The lowest BCUT2D eigenvalue weighted by atomic mass is 10.1. The molecule has 0 aliphatic carbocycles. The Morgan fingerprint density at radius 1 is 1.64 bits per heavy atom. The summed E-state index contributed by atoms with van der Waals surface area (Å²) < 4.78 is 1.95. The second-order valence-corrected chi connectivity index (χ2v) is 4.38.